The maximum absolute atomic E-state index is 12.3. The van der Waals surface area contributed by atoms with Crippen LogP contribution in [0.5, 0.6) is 0 Å². The molecule has 0 spiro atoms. The van der Waals surface area contributed by atoms with Crippen LogP contribution in [-0.4, -0.2) is 58.0 Å². The van der Waals surface area contributed by atoms with Gasteiger partial charge in [0.05, 0.1) is 13.2 Å². The van der Waals surface area contributed by atoms with E-state index in [1.807, 2.05) is 6.92 Å². The molecule has 0 aromatic rings. The zero-order valence-corrected chi connectivity index (χ0v) is 43.0. The lowest BCUT2D eigenvalue weighted by Crippen LogP contribution is -2.34. The highest BCUT2D eigenvalue weighted by atomic mass is 31.2. The van der Waals surface area contributed by atoms with Crippen molar-refractivity contribution in [3.63, 3.8) is 0 Å². The third-order valence-corrected chi connectivity index (χ3v) is 12.7. The van der Waals surface area contributed by atoms with E-state index in [9.17, 15) is 19.7 Å². The van der Waals surface area contributed by atoms with E-state index in [2.05, 4.69) is 124 Å². The first-order chi connectivity index (χ1) is 30.3. The molecule has 1 saturated heterocycles. The van der Waals surface area contributed by atoms with E-state index in [1.54, 1.807) is 6.08 Å². The Morgan fingerprint density at radius 2 is 0.719 bits per heavy atom. The summed E-state index contributed by atoms with van der Waals surface area (Å²) in [5.74, 6) is 0. The number of aliphatic hydroxyl groups is 3. The number of hydrogen-bond donors (Lipinski definition) is 4. The van der Waals surface area contributed by atoms with Crippen LogP contribution in [0.25, 0.3) is 0 Å². The predicted molar refractivity (Wildman–Crippen MR) is 271 cm³/mol. The van der Waals surface area contributed by atoms with E-state index in [1.165, 1.54) is 63.0 Å². The summed E-state index contributed by atoms with van der Waals surface area (Å²) in [4.78, 5) is 9.97. The van der Waals surface area contributed by atoms with Crippen LogP contribution < -0.4 is 0 Å². The van der Waals surface area contributed by atoms with Crippen molar-refractivity contribution in [2.75, 3.05) is 13.2 Å². The highest BCUT2D eigenvalue weighted by molar-refractivity contribution is 7.47. The Morgan fingerprint density at radius 1 is 0.453 bits per heavy atom. The first kappa shape index (κ1) is 59.4. The molecule has 1 aliphatic heterocycles. The zero-order valence-electron chi connectivity index (χ0n) is 42.1. The first-order valence-electron chi connectivity index (χ1n) is 24.1. The van der Waals surface area contributed by atoms with Crippen LogP contribution in [0.15, 0.2) is 116 Å². The van der Waals surface area contributed by atoms with Crippen molar-refractivity contribution in [3.8, 4) is 0 Å². The standard InChI is InChI=1S/C55H91O8P/c1-42(2)21-12-22-43(3)23-13-24-44(4)25-14-26-45(5)27-15-28-46(6)29-16-30-47(7)31-17-32-48(8)33-18-34-49(9)35-19-36-50(10)37-20-38-51(11)39-40-61-64(59,60)63-55-54(58)53(57)52(41-56)62-55/h21,23,25,27,29,31,33,35,37,39,52-58H,12-20,22,24,26,28,30,32,34,36,38,40-41H2,1-11H3,(H,59,60)/b43-23+,44-25+,45-27+,46-29+,47-31+,48-33+,49-35+,50-37+,51-39+/t52-,53-,54+,55+/m1/s1. The molecular weight excluding hydrogens is 820 g/mol. The van der Waals surface area contributed by atoms with Crippen molar-refractivity contribution in [2.45, 2.75) is 216 Å². The molecule has 64 heavy (non-hydrogen) atoms. The molecule has 8 nitrogen and oxygen atoms in total. The largest absolute Gasteiger partial charge is 0.474 e. The molecule has 0 bridgehead atoms. The molecule has 0 amide bonds. The van der Waals surface area contributed by atoms with E-state index in [-0.39, 0.29) is 6.61 Å². The monoisotopic (exact) mass is 911 g/mol. The van der Waals surface area contributed by atoms with Crippen LogP contribution >= 0.6 is 7.82 Å². The third-order valence-electron chi connectivity index (χ3n) is 11.7. The van der Waals surface area contributed by atoms with Gasteiger partial charge in [0.25, 0.3) is 0 Å². The van der Waals surface area contributed by atoms with Crippen LogP contribution in [-0.2, 0) is 18.3 Å². The average molecular weight is 911 g/mol. The maximum Gasteiger partial charge on any atom is 0.474 e. The highest BCUT2D eigenvalue weighted by Crippen LogP contribution is 2.46. The summed E-state index contributed by atoms with van der Waals surface area (Å²) in [6.07, 6.45) is 37.1. The Morgan fingerprint density at radius 3 is 0.969 bits per heavy atom. The van der Waals surface area contributed by atoms with E-state index in [0.29, 0.717) is 0 Å². The lowest BCUT2D eigenvalue weighted by atomic mass is 10.0. The van der Waals surface area contributed by atoms with E-state index in [4.69, 9.17) is 18.9 Å². The van der Waals surface area contributed by atoms with Crippen LogP contribution in [0.3, 0.4) is 0 Å². The van der Waals surface area contributed by atoms with Gasteiger partial charge < -0.3 is 24.9 Å². The van der Waals surface area contributed by atoms with Gasteiger partial charge in [0.15, 0.2) is 6.29 Å². The number of phosphoric ester groups is 1. The smallest absolute Gasteiger partial charge is 0.394 e. The van der Waals surface area contributed by atoms with Crippen molar-refractivity contribution in [3.05, 3.63) is 116 Å². The summed E-state index contributed by atoms with van der Waals surface area (Å²) in [5.41, 5.74) is 14.2. The molecule has 9 heteroatoms. The molecular formula is C55H91O8P. The van der Waals surface area contributed by atoms with Crippen molar-refractivity contribution < 1.29 is 38.6 Å². The summed E-state index contributed by atoms with van der Waals surface area (Å²) in [5, 5.41) is 28.9. The van der Waals surface area contributed by atoms with Crippen molar-refractivity contribution in [1.29, 1.82) is 0 Å². The lowest BCUT2D eigenvalue weighted by Gasteiger charge is -2.18. The molecule has 5 atom stereocenters. The van der Waals surface area contributed by atoms with Gasteiger partial charge in [-0.2, -0.15) is 0 Å². The second kappa shape index (κ2) is 34.6. The van der Waals surface area contributed by atoms with Gasteiger partial charge in [-0.05, 0) is 192 Å². The fraction of sp³-hybridized carbons (Fsp3) is 0.636. The second-order valence-corrected chi connectivity index (χ2v) is 20.1. The maximum atomic E-state index is 12.3. The molecule has 0 aromatic heterocycles. The molecule has 1 rings (SSSR count). The first-order valence-corrected chi connectivity index (χ1v) is 25.6. The summed E-state index contributed by atoms with van der Waals surface area (Å²) in [6, 6.07) is 0. The van der Waals surface area contributed by atoms with Crippen LogP contribution in [0.1, 0.15) is 192 Å². The van der Waals surface area contributed by atoms with Gasteiger partial charge in [-0.3, -0.25) is 9.05 Å². The van der Waals surface area contributed by atoms with Gasteiger partial charge in [0.1, 0.15) is 18.3 Å². The van der Waals surface area contributed by atoms with Crippen molar-refractivity contribution >= 4 is 7.82 Å². The van der Waals surface area contributed by atoms with E-state index < -0.39 is 39.0 Å². The summed E-state index contributed by atoms with van der Waals surface area (Å²) < 4.78 is 27.2. The molecule has 0 radical (unpaired) electrons. The van der Waals surface area contributed by atoms with Gasteiger partial charge in [-0.25, -0.2) is 4.57 Å². The van der Waals surface area contributed by atoms with Crippen LogP contribution in [0.2, 0.25) is 0 Å². The number of rotatable bonds is 33. The molecule has 0 saturated carbocycles. The number of allylic oxidation sites excluding steroid dienone is 19. The predicted octanol–water partition coefficient (Wildman–Crippen LogP) is 15.1. The molecule has 1 fully saturated rings. The molecule has 1 aliphatic rings. The molecule has 4 N–H and O–H groups in total. The fourth-order valence-electron chi connectivity index (χ4n) is 7.26. The summed E-state index contributed by atoms with van der Waals surface area (Å²) in [7, 11) is -4.55. The van der Waals surface area contributed by atoms with Crippen molar-refractivity contribution in [2.24, 2.45) is 0 Å². The van der Waals surface area contributed by atoms with Gasteiger partial charge in [0.2, 0.25) is 0 Å². The number of ether oxygens (including phenoxy) is 1. The fourth-order valence-corrected chi connectivity index (χ4v) is 8.03. The molecule has 0 aliphatic carbocycles. The Labute approximate surface area is 391 Å². The minimum Gasteiger partial charge on any atom is -0.394 e. The van der Waals surface area contributed by atoms with E-state index in [0.717, 1.165) is 108 Å². The Hall–Kier alpha value is -2.65. The number of aliphatic hydroxyl groups excluding tert-OH is 3. The minimum atomic E-state index is -4.55. The minimum absolute atomic E-state index is 0.153. The van der Waals surface area contributed by atoms with Crippen LogP contribution in [0, 0.1) is 0 Å². The molecule has 1 unspecified atom stereocenters. The molecule has 1 heterocycles. The third kappa shape index (κ3) is 30.5. The molecule has 364 valence electrons. The Balaban J connectivity index is 2.25. The number of phosphoric acid groups is 1. The molecule has 0 aromatic carbocycles. The average Bonchev–Trinajstić information content (AvgIpc) is 3.47. The summed E-state index contributed by atoms with van der Waals surface area (Å²) in [6.45, 7) is 23.6. The van der Waals surface area contributed by atoms with Crippen LogP contribution in [0.4, 0.5) is 0 Å². The lowest BCUT2D eigenvalue weighted by molar-refractivity contribution is -0.127. The van der Waals surface area contributed by atoms with Gasteiger partial charge in [-0.1, -0.05) is 116 Å². The zero-order chi connectivity index (χ0) is 47.9. The SMILES string of the molecule is CC(C)=CCC/C(C)=C/CC/C(C)=C/CC/C(C)=C/CC/C(C)=C/CC/C(C)=C/CC/C(C)=C/CC/C(C)=C/CC/C(C)=C/CC/C(C)=C/COP(=O)(O)O[C@@H]1O[C@H](CO)[C@@H](O)[C@@H]1O. The van der Waals surface area contributed by atoms with Gasteiger partial charge in [0, 0.05) is 0 Å². The number of hydrogen-bond acceptors (Lipinski definition) is 7. The second-order valence-electron chi connectivity index (χ2n) is 18.7. The normalized spacial score (nSPS) is 21.2. The Kier molecular flexibility index (Phi) is 32.1. The highest BCUT2D eigenvalue weighted by Gasteiger charge is 2.46. The topological polar surface area (TPSA) is 126 Å². The van der Waals surface area contributed by atoms with Gasteiger partial charge >= 0.3 is 7.82 Å². The summed E-state index contributed by atoms with van der Waals surface area (Å²) >= 11 is 0. The van der Waals surface area contributed by atoms with Crippen molar-refractivity contribution in [1.82, 2.24) is 0 Å². The quantitative estimate of drug-likeness (QED) is 0.0379. The Bertz CT molecular complexity index is 1710. The van der Waals surface area contributed by atoms with E-state index >= 15 is 0 Å². The van der Waals surface area contributed by atoms with Gasteiger partial charge in [-0.15, -0.1) is 0 Å².